The molecule has 6 nitrogen and oxygen atoms in total. The molecule has 2 aromatic carbocycles. The third kappa shape index (κ3) is 2.91. The third-order valence-corrected chi connectivity index (χ3v) is 4.89. The summed E-state index contributed by atoms with van der Waals surface area (Å²) in [6, 6.07) is 12.8. The number of carbonyl (C=O) groups excluding carboxylic acids is 1. The smallest absolute Gasteiger partial charge is 0.254 e. The summed E-state index contributed by atoms with van der Waals surface area (Å²) in [6.45, 7) is 0.916. The van der Waals surface area contributed by atoms with Crippen LogP contribution < -0.4 is 10.1 Å². The Morgan fingerprint density at radius 1 is 1.27 bits per heavy atom. The number of aliphatic hydroxyl groups excluding tert-OH is 1. The Hall–Kier alpha value is -2.57. The molecule has 1 fully saturated rings. The van der Waals surface area contributed by atoms with Crippen LogP contribution in [0.4, 0.5) is 5.69 Å². The molecule has 1 unspecified atom stereocenters. The van der Waals surface area contributed by atoms with Gasteiger partial charge in [-0.05, 0) is 17.7 Å². The largest absolute Gasteiger partial charge is 0.492 e. The highest BCUT2D eigenvalue weighted by atomic mass is 35.5. The Kier molecular flexibility index (Phi) is 4.53. The zero-order chi connectivity index (χ0) is 18.1. The molecule has 1 amide bonds. The van der Waals surface area contributed by atoms with Crippen LogP contribution in [-0.4, -0.2) is 35.1 Å². The van der Waals surface area contributed by atoms with Crippen molar-refractivity contribution in [2.75, 3.05) is 13.2 Å². The Bertz CT molecular complexity index is 870. The van der Waals surface area contributed by atoms with E-state index in [4.69, 9.17) is 21.4 Å². The van der Waals surface area contributed by atoms with Gasteiger partial charge in [0.1, 0.15) is 11.8 Å². The molecule has 1 saturated heterocycles. The van der Waals surface area contributed by atoms with Gasteiger partial charge < -0.3 is 14.7 Å². The fourth-order valence-electron chi connectivity index (χ4n) is 3.23. The number of benzene rings is 2. The molecule has 0 radical (unpaired) electrons. The molecule has 0 spiro atoms. The highest BCUT2D eigenvalue weighted by Gasteiger charge is 2.40. The first-order chi connectivity index (χ1) is 12.7. The second-order valence-electron chi connectivity index (χ2n) is 6.17. The fraction of sp³-hybridized carbons (Fsp3) is 0.263. The van der Waals surface area contributed by atoms with Crippen LogP contribution in [0.5, 0.6) is 5.75 Å². The standard InChI is InChI=1S/C19H18ClN3O3/c20-16-13-11-23-17(12-5-2-1-3-6-12)18(25)22-19(23)21-14(13)7-8-15(16)26-10-4-9-24/h1-3,5-8,17,24H,4,9-11H2,(H,21,22,25). The summed E-state index contributed by atoms with van der Waals surface area (Å²) in [6.07, 6.45) is 0.538. The molecular formula is C19H18ClN3O3. The number of fused-ring (bicyclic) bond motifs is 2. The topological polar surface area (TPSA) is 74.2 Å². The molecule has 2 aromatic rings. The second-order valence-corrected chi connectivity index (χ2v) is 6.54. The van der Waals surface area contributed by atoms with Gasteiger partial charge in [-0.3, -0.25) is 10.1 Å². The van der Waals surface area contributed by atoms with Crippen LogP contribution in [0, 0.1) is 0 Å². The maximum atomic E-state index is 12.5. The van der Waals surface area contributed by atoms with Crippen molar-refractivity contribution >= 4 is 29.2 Å². The van der Waals surface area contributed by atoms with Gasteiger partial charge in [0.25, 0.3) is 5.91 Å². The Morgan fingerprint density at radius 2 is 2.08 bits per heavy atom. The van der Waals surface area contributed by atoms with E-state index in [-0.39, 0.29) is 12.5 Å². The second kappa shape index (κ2) is 6.97. The van der Waals surface area contributed by atoms with Crippen LogP contribution >= 0.6 is 11.6 Å². The predicted molar refractivity (Wildman–Crippen MR) is 98.6 cm³/mol. The molecular weight excluding hydrogens is 354 g/mol. The minimum absolute atomic E-state index is 0.0660. The molecule has 26 heavy (non-hydrogen) atoms. The van der Waals surface area contributed by atoms with Crippen molar-refractivity contribution in [3.63, 3.8) is 0 Å². The first-order valence-corrected chi connectivity index (χ1v) is 8.83. The first-order valence-electron chi connectivity index (χ1n) is 8.45. The van der Waals surface area contributed by atoms with Crippen LogP contribution in [0.15, 0.2) is 47.5 Å². The lowest BCUT2D eigenvalue weighted by atomic mass is 10.0. The average molecular weight is 372 g/mol. The van der Waals surface area contributed by atoms with Gasteiger partial charge >= 0.3 is 0 Å². The average Bonchev–Trinajstić information content (AvgIpc) is 2.98. The van der Waals surface area contributed by atoms with Gasteiger partial charge in [0.05, 0.1) is 23.9 Å². The van der Waals surface area contributed by atoms with Gasteiger partial charge in [-0.15, -0.1) is 0 Å². The van der Waals surface area contributed by atoms with Gasteiger partial charge in [-0.25, -0.2) is 4.99 Å². The van der Waals surface area contributed by atoms with Gasteiger partial charge in [-0.2, -0.15) is 0 Å². The zero-order valence-electron chi connectivity index (χ0n) is 14.0. The van der Waals surface area contributed by atoms with Crippen molar-refractivity contribution < 1.29 is 14.6 Å². The number of amides is 1. The molecule has 7 heteroatoms. The molecule has 0 aromatic heterocycles. The van der Waals surface area contributed by atoms with E-state index in [1.54, 1.807) is 6.07 Å². The maximum absolute atomic E-state index is 12.5. The number of aliphatic imine (C=N–C) groups is 1. The number of carbonyl (C=O) groups is 1. The fourth-order valence-corrected chi connectivity index (χ4v) is 3.50. The molecule has 4 rings (SSSR count). The molecule has 2 heterocycles. The highest BCUT2D eigenvalue weighted by molar-refractivity contribution is 6.33. The quantitative estimate of drug-likeness (QED) is 0.792. The number of hydrogen-bond donors (Lipinski definition) is 2. The van der Waals surface area contributed by atoms with E-state index in [9.17, 15) is 4.79 Å². The SMILES string of the molecule is O=C1NC2=Nc3ccc(OCCCO)c(Cl)c3CN2C1c1ccccc1. The molecule has 0 aliphatic carbocycles. The first kappa shape index (κ1) is 16.9. The summed E-state index contributed by atoms with van der Waals surface area (Å²) < 4.78 is 5.65. The van der Waals surface area contributed by atoms with E-state index in [1.165, 1.54) is 0 Å². The van der Waals surface area contributed by atoms with Gasteiger partial charge in [-0.1, -0.05) is 41.9 Å². The monoisotopic (exact) mass is 371 g/mol. The van der Waals surface area contributed by atoms with E-state index in [0.717, 1.165) is 16.8 Å². The number of aliphatic hydroxyl groups is 1. The summed E-state index contributed by atoms with van der Waals surface area (Å²) in [4.78, 5) is 19.0. The summed E-state index contributed by atoms with van der Waals surface area (Å²) in [5.41, 5.74) is 2.46. The van der Waals surface area contributed by atoms with Gasteiger partial charge in [0, 0.05) is 18.6 Å². The van der Waals surface area contributed by atoms with Crippen molar-refractivity contribution in [2.24, 2.45) is 4.99 Å². The third-order valence-electron chi connectivity index (χ3n) is 4.48. The molecule has 0 bridgehead atoms. The number of rotatable bonds is 5. The van der Waals surface area contributed by atoms with Crippen LogP contribution in [0.25, 0.3) is 0 Å². The zero-order valence-corrected chi connectivity index (χ0v) is 14.7. The van der Waals surface area contributed by atoms with E-state index in [2.05, 4.69) is 10.3 Å². The lowest BCUT2D eigenvalue weighted by Gasteiger charge is -2.29. The van der Waals surface area contributed by atoms with Crippen molar-refractivity contribution in [3.8, 4) is 5.75 Å². The molecule has 0 saturated carbocycles. The van der Waals surface area contributed by atoms with E-state index in [0.29, 0.717) is 36.3 Å². The van der Waals surface area contributed by atoms with Crippen molar-refractivity contribution in [1.29, 1.82) is 0 Å². The van der Waals surface area contributed by atoms with Gasteiger partial charge in [0.2, 0.25) is 5.96 Å². The molecule has 2 aliphatic heterocycles. The summed E-state index contributed by atoms with van der Waals surface area (Å²) >= 11 is 6.54. The van der Waals surface area contributed by atoms with E-state index < -0.39 is 6.04 Å². The summed E-state index contributed by atoms with van der Waals surface area (Å²) in [5.74, 6) is 1.01. The number of hydrogen-bond acceptors (Lipinski definition) is 5. The van der Waals surface area contributed by atoms with Crippen molar-refractivity contribution in [2.45, 2.75) is 19.0 Å². The number of nitrogens with zero attached hydrogens (tertiary/aromatic N) is 2. The van der Waals surface area contributed by atoms with Crippen LogP contribution in [-0.2, 0) is 11.3 Å². The summed E-state index contributed by atoms with van der Waals surface area (Å²) in [7, 11) is 0. The van der Waals surface area contributed by atoms with Gasteiger partial charge in [0.15, 0.2) is 0 Å². The number of halogens is 1. The van der Waals surface area contributed by atoms with E-state index in [1.807, 2.05) is 41.3 Å². The molecule has 2 N–H and O–H groups in total. The Labute approximate surface area is 156 Å². The minimum Gasteiger partial charge on any atom is -0.492 e. The summed E-state index contributed by atoms with van der Waals surface area (Å²) in [5, 5.41) is 12.2. The lowest BCUT2D eigenvalue weighted by Crippen LogP contribution is -2.33. The highest BCUT2D eigenvalue weighted by Crippen LogP contribution is 2.41. The maximum Gasteiger partial charge on any atom is 0.254 e. The predicted octanol–water partition coefficient (Wildman–Crippen LogP) is 2.78. The number of guanidine groups is 1. The minimum atomic E-state index is -0.432. The molecule has 2 aliphatic rings. The number of nitrogens with one attached hydrogen (secondary N) is 1. The Morgan fingerprint density at radius 3 is 2.85 bits per heavy atom. The van der Waals surface area contributed by atoms with Crippen LogP contribution in [0.1, 0.15) is 23.6 Å². The van der Waals surface area contributed by atoms with Crippen LogP contribution in [0.2, 0.25) is 5.02 Å². The van der Waals surface area contributed by atoms with E-state index >= 15 is 0 Å². The Balaban J connectivity index is 1.66. The van der Waals surface area contributed by atoms with Crippen LogP contribution in [0.3, 0.4) is 0 Å². The van der Waals surface area contributed by atoms with Crippen molar-refractivity contribution in [1.82, 2.24) is 10.2 Å². The molecule has 134 valence electrons. The molecule has 1 atom stereocenters. The van der Waals surface area contributed by atoms with Crippen molar-refractivity contribution in [3.05, 3.63) is 58.6 Å². The normalized spacial score (nSPS) is 18.1. The number of ether oxygens (including phenoxy) is 1. The lowest BCUT2D eigenvalue weighted by molar-refractivity contribution is -0.121.